The van der Waals surface area contributed by atoms with E-state index in [9.17, 15) is 14.5 Å². The fraction of sp³-hybridized carbons (Fsp3) is 0.133. The third-order valence-electron chi connectivity index (χ3n) is 3.07. The third-order valence-corrected chi connectivity index (χ3v) is 3.07. The van der Waals surface area contributed by atoms with Gasteiger partial charge in [-0.3, -0.25) is 10.1 Å². The van der Waals surface area contributed by atoms with Crippen LogP contribution in [-0.4, -0.2) is 4.92 Å². The number of non-ortho nitro benzene ring substituents is 1. The summed E-state index contributed by atoms with van der Waals surface area (Å²) >= 11 is 0. The Morgan fingerprint density at radius 2 is 2.10 bits per heavy atom. The van der Waals surface area contributed by atoms with E-state index in [0.29, 0.717) is 16.8 Å². The van der Waals surface area contributed by atoms with Gasteiger partial charge in [-0.15, -0.1) is 0 Å². The van der Waals surface area contributed by atoms with Gasteiger partial charge in [-0.05, 0) is 30.7 Å². The number of anilines is 1. The zero-order chi connectivity index (χ0) is 15.4. The van der Waals surface area contributed by atoms with Crippen LogP contribution in [0.5, 0.6) is 0 Å². The number of benzene rings is 2. The first-order chi connectivity index (χ1) is 10.0. The van der Waals surface area contributed by atoms with Crippen molar-refractivity contribution >= 4 is 11.4 Å². The Hall–Kier alpha value is -2.94. The van der Waals surface area contributed by atoms with Gasteiger partial charge in [0.2, 0.25) is 0 Å². The molecule has 6 heteroatoms. The van der Waals surface area contributed by atoms with Crippen LogP contribution in [0.1, 0.15) is 16.7 Å². The van der Waals surface area contributed by atoms with Gasteiger partial charge < -0.3 is 5.32 Å². The van der Waals surface area contributed by atoms with E-state index in [-0.39, 0.29) is 17.8 Å². The molecule has 2 aromatic rings. The minimum atomic E-state index is -0.461. The zero-order valence-electron chi connectivity index (χ0n) is 11.3. The Balaban J connectivity index is 2.13. The average Bonchev–Trinajstić information content (AvgIpc) is 2.46. The SMILES string of the molecule is Cc1cc([N+](=O)[O-])ccc1NCc1ccc(C#N)cc1F. The topological polar surface area (TPSA) is 79.0 Å². The number of halogens is 1. The molecule has 0 unspecified atom stereocenters. The Kier molecular flexibility index (Phi) is 4.14. The van der Waals surface area contributed by atoms with Crippen molar-refractivity contribution < 1.29 is 9.31 Å². The predicted octanol–water partition coefficient (Wildman–Crippen LogP) is 3.53. The molecule has 0 amide bonds. The number of hydrogen-bond acceptors (Lipinski definition) is 4. The summed E-state index contributed by atoms with van der Waals surface area (Å²) in [7, 11) is 0. The number of hydrogen-bond donors (Lipinski definition) is 1. The lowest BCUT2D eigenvalue weighted by molar-refractivity contribution is -0.384. The largest absolute Gasteiger partial charge is 0.381 e. The molecule has 0 fully saturated rings. The van der Waals surface area contributed by atoms with Crippen LogP contribution in [0.4, 0.5) is 15.8 Å². The maximum Gasteiger partial charge on any atom is 0.269 e. The monoisotopic (exact) mass is 285 g/mol. The first-order valence-corrected chi connectivity index (χ1v) is 6.18. The van der Waals surface area contributed by atoms with Crippen molar-refractivity contribution in [3.05, 3.63) is 69.0 Å². The first kappa shape index (κ1) is 14.5. The van der Waals surface area contributed by atoms with Crippen molar-refractivity contribution in [3.63, 3.8) is 0 Å². The fourth-order valence-corrected chi connectivity index (χ4v) is 1.91. The summed E-state index contributed by atoms with van der Waals surface area (Å²) in [5.41, 5.74) is 2.11. The van der Waals surface area contributed by atoms with Crippen LogP contribution >= 0.6 is 0 Å². The normalized spacial score (nSPS) is 9.95. The summed E-state index contributed by atoms with van der Waals surface area (Å²) in [6.45, 7) is 1.97. The van der Waals surface area contributed by atoms with Crippen LogP contribution in [0, 0.1) is 34.2 Å². The summed E-state index contributed by atoms with van der Waals surface area (Å²) in [5, 5.41) is 22.4. The van der Waals surface area contributed by atoms with E-state index in [4.69, 9.17) is 5.26 Å². The molecule has 0 bridgehead atoms. The number of rotatable bonds is 4. The number of aryl methyl sites for hydroxylation is 1. The molecule has 0 heterocycles. The Labute approximate surface area is 120 Å². The van der Waals surface area contributed by atoms with E-state index < -0.39 is 10.7 Å². The van der Waals surface area contributed by atoms with Gasteiger partial charge in [0.15, 0.2) is 0 Å². The molecule has 0 saturated carbocycles. The lowest BCUT2D eigenvalue weighted by Gasteiger charge is -2.10. The molecule has 1 N–H and O–H groups in total. The zero-order valence-corrected chi connectivity index (χ0v) is 11.3. The molecule has 0 aromatic heterocycles. The van der Waals surface area contributed by atoms with Crippen molar-refractivity contribution in [1.29, 1.82) is 5.26 Å². The van der Waals surface area contributed by atoms with Gasteiger partial charge in [-0.1, -0.05) is 6.07 Å². The van der Waals surface area contributed by atoms with Gasteiger partial charge in [0.25, 0.3) is 5.69 Å². The summed E-state index contributed by atoms with van der Waals surface area (Å²) in [6.07, 6.45) is 0. The quantitative estimate of drug-likeness (QED) is 0.688. The van der Waals surface area contributed by atoms with Crippen molar-refractivity contribution in [2.75, 3.05) is 5.32 Å². The molecular formula is C15H12FN3O2. The Morgan fingerprint density at radius 1 is 1.33 bits per heavy atom. The highest BCUT2D eigenvalue weighted by Gasteiger charge is 2.09. The van der Waals surface area contributed by atoms with E-state index in [1.807, 2.05) is 6.07 Å². The molecule has 5 nitrogen and oxygen atoms in total. The predicted molar refractivity (Wildman–Crippen MR) is 76.3 cm³/mol. The number of nitrogens with zero attached hydrogens (tertiary/aromatic N) is 2. The summed E-state index contributed by atoms with van der Waals surface area (Å²) in [5.74, 6) is -0.457. The van der Waals surface area contributed by atoms with E-state index in [0.717, 1.165) is 0 Å². The molecule has 21 heavy (non-hydrogen) atoms. The lowest BCUT2D eigenvalue weighted by Crippen LogP contribution is -2.03. The third kappa shape index (κ3) is 3.34. The molecule has 2 aromatic carbocycles. The van der Waals surface area contributed by atoms with Crippen LogP contribution < -0.4 is 5.32 Å². The van der Waals surface area contributed by atoms with Crippen LogP contribution in [0.2, 0.25) is 0 Å². The van der Waals surface area contributed by atoms with Gasteiger partial charge in [0.05, 0.1) is 16.6 Å². The van der Waals surface area contributed by atoms with Crippen LogP contribution in [-0.2, 0) is 6.54 Å². The van der Waals surface area contributed by atoms with Gasteiger partial charge >= 0.3 is 0 Å². The van der Waals surface area contributed by atoms with Crippen LogP contribution in [0.3, 0.4) is 0 Å². The number of nitro groups is 1. The summed E-state index contributed by atoms with van der Waals surface area (Å²) in [6, 6.07) is 10.6. The number of nitro benzene ring substituents is 1. The average molecular weight is 285 g/mol. The smallest absolute Gasteiger partial charge is 0.269 e. The summed E-state index contributed by atoms with van der Waals surface area (Å²) in [4.78, 5) is 10.2. The van der Waals surface area contributed by atoms with Crippen LogP contribution in [0.15, 0.2) is 36.4 Å². The molecule has 106 valence electrons. The number of nitriles is 1. The molecule has 0 atom stereocenters. The second kappa shape index (κ2) is 6.01. The molecule has 2 rings (SSSR count). The highest BCUT2D eigenvalue weighted by Crippen LogP contribution is 2.22. The van der Waals surface area contributed by atoms with Crippen LogP contribution in [0.25, 0.3) is 0 Å². The lowest BCUT2D eigenvalue weighted by atomic mass is 10.1. The maximum atomic E-state index is 13.7. The highest BCUT2D eigenvalue weighted by atomic mass is 19.1. The fourth-order valence-electron chi connectivity index (χ4n) is 1.91. The Morgan fingerprint density at radius 3 is 2.67 bits per heavy atom. The maximum absolute atomic E-state index is 13.7. The van der Waals surface area contributed by atoms with E-state index in [1.165, 1.54) is 18.2 Å². The summed E-state index contributed by atoms with van der Waals surface area (Å²) < 4.78 is 13.7. The molecule has 0 spiro atoms. The number of nitrogens with one attached hydrogen (secondary N) is 1. The van der Waals surface area contributed by atoms with Crippen molar-refractivity contribution in [2.24, 2.45) is 0 Å². The van der Waals surface area contributed by atoms with Gasteiger partial charge in [-0.2, -0.15) is 5.26 Å². The molecular weight excluding hydrogens is 273 g/mol. The van der Waals surface area contributed by atoms with Crippen molar-refractivity contribution in [1.82, 2.24) is 0 Å². The molecule has 0 aliphatic heterocycles. The molecule has 0 saturated heterocycles. The molecule has 0 aliphatic carbocycles. The van der Waals surface area contributed by atoms with E-state index >= 15 is 0 Å². The second-order valence-electron chi connectivity index (χ2n) is 4.53. The van der Waals surface area contributed by atoms with Gasteiger partial charge in [-0.25, -0.2) is 4.39 Å². The Bertz CT molecular complexity index is 738. The first-order valence-electron chi connectivity index (χ1n) is 6.18. The highest BCUT2D eigenvalue weighted by molar-refractivity contribution is 5.55. The van der Waals surface area contributed by atoms with E-state index in [1.54, 1.807) is 25.1 Å². The standard InChI is InChI=1S/C15H12FN3O2/c1-10-6-13(19(20)21)4-5-15(10)18-9-12-3-2-11(8-17)7-14(12)16/h2-7,18H,9H2,1H3. The minimum absolute atomic E-state index is 0.0163. The van der Waals surface area contributed by atoms with Crippen molar-refractivity contribution in [2.45, 2.75) is 13.5 Å². The molecule has 0 aliphatic rings. The minimum Gasteiger partial charge on any atom is -0.381 e. The second-order valence-corrected chi connectivity index (χ2v) is 4.53. The van der Waals surface area contributed by atoms with Gasteiger partial charge in [0.1, 0.15) is 5.82 Å². The molecule has 0 radical (unpaired) electrons. The van der Waals surface area contributed by atoms with Gasteiger partial charge in [0, 0.05) is 29.9 Å². The van der Waals surface area contributed by atoms with Crippen molar-refractivity contribution in [3.8, 4) is 6.07 Å². The van der Waals surface area contributed by atoms with E-state index in [2.05, 4.69) is 5.32 Å².